The van der Waals surface area contributed by atoms with Gasteiger partial charge in [0.1, 0.15) is 6.04 Å². The van der Waals surface area contributed by atoms with Gasteiger partial charge in [-0.1, -0.05) is 18.9 Å². The number of nitrogens with zero attached hydrogens (tertiary/aromatic N) is 1. The second-order valence-corrected chi connectivity index (χ2v) is 5.47. The van der Waals surface area contributed by atoms with Gasteiger partial charge in [0.15, 0.2) is 0 Å². The van der Waals surface area contributed by atoms with Gasteiger partial charge in [-0.15, -0.1) is 6.58 Å². The van der Waals surface area contributed by atoms with Crippen LogP contribution in [0.15, 0.2) is 12.7 Å². The summed E-state index contributed by atoms with van der Waals surface area (Å²) in [6, 6.07) is -0.230. The molecule has 1 saturated carbocycles. The standard InChI is InChI=1S/C14H22N2O3/c1-2-7-15-13(17)9-16-11-6-4-3-5-10(11)8-12(16)14(18)19/h2,10-12H,1,3-9H2,(H,15,17)(H,18,19). The summed E-state index contributed by atoms with van der Waals surface area (Å²) in [5, 5.41) is 12.1. The van der Waals surface area contributed by atoms with Crippen LogP contribution in [-0.4, -0.2) is 47.1 Å². The van der Waals surface area contributed by atoms with E-state index in [1.165, 1.54) is 6.42 Å². The van der Waals surface area contributed by atoms with Crippen molar-refractivity contribution in [2.75, 3.05) is 13.1 Å². The van der Waals surface area contributed by atoms with Crippen LogP contribution >= 0.6 is 0 Å². The predicted molar refractivity (Wildman–Crippen MR) is 71.7 cm³/mol. The Morgan fingerprint density at radius 3 is 2.79 bits per heavy atom. The van der Waals surface area contributed by atoms with Crippen LogP contribution in [0.5, 0.6) is 0 Å². The Kier molecular flexibility index (Phi) is 4.58. The van der Waals surface area contributed by atoms with Crippen molar-refractivity contribution in [2.45, 2.75) is 44.2 Å². The van der Waals surface area contributed by atoms with Crippen molar-refractivity contribution in [3.05, 3.63) is 12.7 Å². The summed E-state index contributed by atoms with van der Waals surface area (Å²) in [7, 11) is 0. The van der Waals surface area contributed by atoms with Crippen LogP contribution in [0.3, 0.4) is 0 Å². The van der Waals surface area contributed by atoms with Crippen LogP contribution in [0.2, 0.25) is 0 Å². The molecule has 1 aliphatic heterocycles. The van der Waals surface area contributed by atoms with Crippen molar-refractivity contribution in [1.82, 2.24) is 10.2 Å². The molecule has 3 unspecified atom stereocenters. The molecule has 2 N–H and O–H groups in total. The molecule has 106 valence electrons. The molecule has 2 aliphatic rings. The molecule has 0 spiro atoms. The minimum atomic E-state index is -0.800. The highest BCUT2D eigenvalue weighted by Crippen LogP contribution is 2.39. The number of nitrogens with one attached hydrogen (secondary N) is 1. The van der Waals surface area contributed by atoms with Crippen LogP contribution < -0.4 is 5.32 Å². The highest BCUT2D eigenvalue weighted by Gasteiger charge is 2.45. The third-order valence-electron chi connectivity index (χ3n) is 4.28. The maximum absolute atomic E-state index is 11.8. The number of likely N-dealkylation sites (tertiary alicyclic amines) is 1. The molecule has 0 aromatic heterocycles. The minimum Gasteiger partial charge on any atom is -0.480 e. The molecule has 5 nitrogen and oxygen atoms in total. The number of amides is 1. The molecule has 2 rings (SSSR count). The minimum absolute atomic E-state index is 0.114. The largest absolute Gasteiger partial charge is 0.480 e. The molecule has 1 amide bonds. The van der Waals surface area contributed by atoms with Gasteiger partial charge in [0.2, 0.25) is 5.91 Å². The fraction of sp³-hybridized carbons (Fsp3) is 0.714. The number of hydrogen-bond donors (Lipinski definition) is 2. The van der Waals surface area contributed by atoms with Crippen LogP contribution in [0.1, 0.15) is 32.1 Å². The van der Waals surface area contributed by atoms with Crippen LogP contribution in [-0.2, 0) is 9.59 Å². The first-order valence-corrected chi connectivity index (χ1v) is 6.99. The van der Waals surface area contributed by atoms with E-state index in [0.717, 1.165) is 19.3 Å². The zero-order valence-electron chi connectivity index (χ0n) is 11.2. The number of carboxylic acids is 1. The quantitative estimate of drug-likeness (QED) is 0.729. The Hall–Kier alpha value is -1.36. The Bertz CT molecular complexity index is 370. The molecule has 1 aliphatic carbocycles. The zero-order valence-corrected chi connectivity index (χ0v) is 11.2. The number of carbonyl (C=O) groups excluding carboxylic acids is 1. The lowest BCUT2D eigenvalue weighted by Crippen LogP contribution is -2.47. The first kappa shape index (κ1) is 14.1. The van der Waals surface area contributed by atoms with Crippen LogP contribution in [0.4, 0.5) is 0 Å². The number of carboxylic acid groups (broad SMARTS) is 1. The molecule has 1 saturated heterocycles. The van der Waals surface area contributed by atoms with Gasteiger partial charge in [0.25, 0.3) is 0 Å². The van der Waals surface area contributed by atoms with E-state index in [1.807, 2.05) is 4.90 Å². The van der Waals surface area contributed by atoms with Crippen molar-refractivity contribution in [1.29, 1.82) is 0 Å². The topological polar surface area (TPSA) is 69.6 Å². The molecule has 5 heteroatoms. The van der Waals surface area contributed by atoms with Gasteiger partial charge in [-0.05, 0) is 25.2 Å². The average molecular weight is 266 g/mol. The monoisotopic (exact) mass is 266 g/mol. The highest BCUT2D eigenvalue weighted by molar-refractivity contribution is 5.80. The zero-order chi connectivity index (χ0) is 13.8. The Balaban J connectivity index is 2.02. The van der Waals surface area contributed by atoms with Gasteiger partial charge < -0.3 is 10.4 Å². The van der Waals surface area contributed by atoms with Crippen molar-refractivity contribution in [3.8, 4) is 0 Å². The predicted octanol–water partition coefficient (Wildman–Crippen LogP) is 1.01. The number of fused-ring (bicyclic) bond motifs is 1. The molecule has 19 heavy (non-hydrogen) atoms. The van der Waals surface area contributed by atoms with Crippen LogP contribution in [0, 0.1) is 5.92 Å². The summed E-state index contributed by atoms with van der Waals surface area (Å²) in [5.41, 5.74) is 0. The van der Waals surface area contributed by atoms with E-state index in [2.05, 4.69) is 11.9 Å². The number of carbonyl (C=O) groups is 2. The van der Waals surface area contributed by atoms with E-state index in [4.69, 9.17) is 0 Å². The maximum Gasteiger partial charge on any atom is 0.320 e. The first-order chi connectivity index (χ1) is 9.13. The molecule has 0 aromatic rings. The average Bonchev–Trinajstić information content (AvgIpc) is 2.76. The van der Waals surface area contributed by atoms with E-state index in [1.54, 1.807) is 6.08 Å². The van der Waals surface area contributed by atoms with Gasteiger partial charge >= 0.3 is 5.97 Å². The summed E-state index contributed by atoms with van der Waals surface area (Å²) in [6.45, 7) is 4.17. The number of rotatable bonds is 5. The van der Waals surface area contributed by atoms with Crippen molar-refractivity contribution < 1.29 is 14.7 Å². The Morgan fingerprint density at radius 1 is 1.37 bits per heavy atom. The molecule has 2 fully saturated rings. The second kappa shape index (κ2) is 6.19. The fourth-order valence-electron chi connectivity index (χ4n) is 3.43. The lowest BCUT2D eigenvalue weighted by molar-refractivity contribution is -0.143. The molecule has 0 aromatic carbocycles. The summed E-state index contributed by atoms with van der Waals surface area (Å²) in [4.78, 5) is 25.1. The maximum atomic E-state index is 11.8. The van der Waals surface area contributed by atoms with Gasteiger partial charge in [0, 0.05) is 12.6 Å². The van der Waals surface area contributed by atoms with Gasteiger partial charge in [0.05, 0.1) is 6.54 Å². The molecule has 0 bridgehead atoms. The second-order valence-electron chi connectivity index (χ2n) is 5.47. The molecular weight excluding hydrogens is 244 g/mol. The lowest BCUT2D eigenvalue weighted by atomic mass is 9.85. The SMILES string of the molecule is C=CCNC(=O)CN1C(C(=O)O)CC2CCCCC21. The highest BCUT2D eigenvalue weighted by atomic mass is 16.4. The first-order valence-electron chi connectivity index (χ1n) is 6.99. The van der Waals surface area contributed by atoms with Gasteiger partial charge in [-0.3, -0.25) is 14.5 Å². The Morgan fingerprint density at radius 2 is 2.11 bits per heavy atom. The van der Waals surface area contributed by atoms with Gasteiger partial charge in [-0.25, -0.2) is 0 Å². The molecule has 0 radical (unpaired) electrons. The van der Waals surface area contributed by atoms with Gasteiger partial charge in [-0.2, -0.15) is 0 Å². The third-order valence-corrected chi connectivity index (χ3v) is 4.28. The number of aliphatic carboxylic acids is 1. The van der Waals surface area contributed by atoms with Crippen molar-refractivity contribution >= 4 is 11.9 Å². The molecular formula is C14H22N2O3. The van der Waals surface area contributed by atoms with E-state index in [-0.39, 0.29) is 18.5 Å². The fourth-order valence-corrected chi connectivity index (χ4v) is 3.43. The molecule has 1 heterocycles. The van der Waals surface area contributed by atoms with E-state index in [0.29, 0.717) is 18.9 Å². The smallest absolute Gasteiger partial charge is 0.320 e. The summed E-state index contributed by atoms with van der Waals surface area (Å²) >= 11 is 0. The van der Waals surface area contributed by atoms with E-state index >= 15 is 0 Å². The summed E-state index contributed by atoms with van der Waals surface area (Å²) < 4.78 is 0. The summed E-state index contributed by atoms with van der Waals surface area (Å²) in [5.74, 6) is -0.467. The summed E-state index contributed by atoms with van der Waals surface area (Å²) in [6.07, 6.45) is 6.75. The van der Waals surface area contributed by atoms with E-state index in [9.17, 15) is 14.7 Å². The third kappa shape index (κ3) is 3.15. The number of hydrogen-bond acceptors (Lipinski definition) is 3. The molecule has 3 atom stereocenters. The lowest BCUT2D eigenvalue weighted by Gasteiger charge is -2.32. The Labute approximate surface area is 113 Å². The van der Waals surface area contributed by atoms with E-state index < -0.39 is 12.0 Å². The van der Waals surface area contributed by atoms with Crippen LogP contribution in [0.25, 0.3) is 0 Å². The normalized spacial score (nSPS) is 30.6. The van der Waals surface area contributed by atoms with Crippen molar-refractivity contribution in [3.63, 3.8) is 0 Å². The van der Waals surface area contributed by atoms with Crippen molar-refractivity contribution in [2.24, 2.45) is 5.92 Å².